The molecule has 0 amide bonds. The fraction of sp³-hybridized carbons (Fsp3) is 0.727. The van der Waals surface area contributed by atoms with Crippen LogP contribution in [0.1, 0.15) is 25.7 Å². The van der Waals surface area contributed by atoms with Gasteiger partial charge in [-0.1, -0.05) is 0 Å². The summed E-state index contributed by atoms with van der Waals surface area (Å²) in [6.07, 6.45) is 8.28. The Morgan fingerprint density at radius 2 is 2.12 bits per heavy atom. The molecule has 2 rings (SSSR count). The largest absolute Gasteiger partial charge is 0.356 e. The molecule has 2 N–H and O–H groups in total. The lowest BCUT2D eigenvalue weighted by Crippen LogP contribution is -2.38. The third-order valence-corrected chi connectivity index (χ3v) is 2.74. The molecule has 1 aliphatic rings. The van der Waals surface area contributed by atoms with Crippen LogP contribution in [0, 0.1) is 0 Å². The quantitative estimate of drug-likeness (QED) is 0.426. The molecule has 1 saturated carbocycles. The van der Waals surface area contributed by atoms with Crippen LogP contribution in [-0.4, -0.2) is 40.4 Å². The Balaban J connectivity index is 1.52. The van der Waals surface area contributed by atoms with Crippen molar-refractivity contribution in [3.63, 3.8) is 0 Å². The van der Waals surface area contributed by atoms with Gasteiger partial charge < -0.3 is 15.2 Å². The minimum absolute atomic E-state index is 0.651. The Bertz CT molecular complexity index is 341. The summed E-state index contributed by atoms with van der Waals surface area (Å²) in [4.78, 5) is 4.18. The number of rotatable bonds is 6. The van der Waals surface area contributed by atoms with Crippen LogP contribution in [-0.2, 0) is 6.54 Å². The summed E-state index contributed by atoms with van der Waals surface area (Å²) in [5.41, 5.74) is 0. The summed E-state index contributed by atoms with van der Waals surface area (Å²) < 4.78 is 2.00. The maximum atomic E-state index is 4.18. The van der Waals surface area contributed by atoms with Gasteiger partial charge in [0.2, 0.25) is 0 Å². The number of guanidine groups is 1. The zero-order valence-electron chi connectivity index (χ0n) is 10.3. The van der Waals surface area contributed by atoms with Crippen molar-refractivity contribution in [3.8, 4) is 0 Å². The highest BCUT2D eigenvalue weighted by molar-refractivity contribution is 5.80. The molecular weight excluding hydrogens is 216 g/mol. The molecule has 0 radical (unpaired) electrons. The zero-order valence-corrected chi connectivity index (χ0v) is 10.3. The summed E-state index contributed by atoms with van der Waals surface area (Å²) in [6, 6.07) is 0.651. The number of nitrogens with zero attached hydrogens (tertiary/aromatic N) is 4. The second kappa shape index (κ2) is 6.22. The van der Waals surface area contributed by atoms with Crippen molar-refractivity contribution in [2.45, 2.75) is 38.3 Å². The van der Waals surface area contributed by atoms with Gasteiger partial charge in [-0.15, -0.1) is 10.2 Å². The number of nitrogens with one attached hydrogen (secondary N) is 2. The SMILES string of the molecule is CN=C(NCCCCn1cnnc1)NC1CC1. The number of hydrogen-bond acceptors (Lipinski definition) is 3. The van der Waals surface area contributed by atoms with Gasteiger partial charge in [0.25, 0.3) is 0 Å². The fourth-order valence-electron chi connectivity index (χ4n) is 1.58. The Kier molecular flexibility index (Phi) is 4.35. The molecule has 6 nitrogen and oxygen atoms in total. The molecule has 0 spiro atoms. The topological polar surface area (TPSA) is 67.1 Å². The normalized spacial score (nSPS) is 15.9. The van der Waals surface area contributed by atoms with E-state index in [0.29, 0.717) is 6.04 Å². The second-order valence-electron chi connectivity index (χ2n) is 4.32. The molecule has 1 aromatic rings. The van der Waals surface area contributed by atoms with Gasteiger partial charge in [0, 0.05) is 26.2 Å². The van der Waals surface area contributed by atoms with Crippen molar-refractivity contribution in [1.29, 1.82) is 0 Å². The molecule has 1 heterocycles. The molecule has 17 heavy (non-hydrogen) atoms. The van der Waals surface area contributed by atoms with Gasteiger partial charge in [-0.05, 0) is 25.7 Å². The van der Waals surface area contributed by atoms with Crippen LogP contribution in [0.15, 0.2) is 17.6 Å². The molecule has 0 aromatic carbocycles. The van der Waals surface area contributed by atoms with Crippen LogP contribution in [0.5, 0.6) is 0 Å². The summed E-state index contributed by atoms with van der Waals surface area (Å²) >= 11 is 0. The van der Waals surface area contributed by atoms with Gasteiger partial charge in [-0.3, -0.25) is 4.99 Å². The molecule has 1 aromatic heterocycles. The van der Waals surface area contributed by atoms with E-state index in [1.165, 1.54) is 12.8 Å². The van der Waals surface area contributed by atoms with E-state index in [-0.39, 0.29) is 0 Å². The minimum atomic E-state index is 0.651. The van der Waals surface area contributed by atoms with E-state index in [9.17, 15) is 0 Å². The van der Waals surface area contributed by atoms with Crippen LogP contribution in [0.25, 0.3) is 0 Å². The van der Waals surface area contributed by atoms with E-state index in [4.69, 9.17) is 0 Å². The summed E-state index contributed by atoms with van der Waals surface area (Å²) in [6.45, 7) is 1.93. The van der Waals surface area contributed by atoms with Crippen LogP contribution in [0.4, 0.5) is 0 Å². The third-order valence-electron chi connectivity index (χ3n) is 2.74. The Morgan fingerprint density at radius 3 is 2.76 bits per heavy atom. The second-order valence-corrected chi connectivity index (χ2v) is 4.32. The summed E-state index contributed by atoms with van der Waals surface area (Å²) in [5.74, 6) is 0.928. The first-order chi connectivity index (χ1) is 8.38. The molecule has 0 atom stereocenters. The predicted octanol–water partition coefficient (Wildman–Crippen LogP) is 0.386. The summed E-state index contributed by atoms with van der Waals surface area (Å²) in [7, 11) is 1.81. The number of aromatic nitrogens is 3. The lowest BCUT2D eigenvalue weighted by atomic mass is 10.3. The molecule has 0 bridgehead atoms. The standard InChI is InChI=1S/C11H20N6/c1-12-11(16-10-4-5-10)13-6-2-3-7-17-8-14-15-9-17/h8-10H,2-7H2,1H3,(H2,12,13,16). The number of hydrogen-bond donors (Lipinski definition) is 2. The lowest BCUT2D eigenvalue weighted by molar-refractivity contribution is 0.597. The minimum Gasteiger partial charge on any atom is -0.356 e. The number of aliphatic imine (C=N–C) groups is 1. The van der Waals surface area contributed by atoms with Gasteiger partial charge in [0.15, 0.2) is 5.96 Å². The maximum Gasteiger partial charge on any atom is 0.191 e. The molecule has 6 heteroatoms. The van der Waals surface area contributed by atoms with Gasteiger partial charge in [-0.25, -0.2) is 0 Å². The van der Waals surface area contributed by atoms with Crippen molar-refractivity contribution in [2.75, 3.05) is 13.6 Å². The molecule has 1 aliphatic carbocycles. The van der Waals surface area contributed by atoms with Crippen molar-refractivity contribution in [1.82, 2.24) is 25.4 Å². The van der Waals surface area contributed by atoms with E-state index in [2.05, 4.69) is 25.8 Å². The smallest absolute Gasteiger partial charge is 0.191 e. The van der Waals surface area contributed by atoms with Gasteiger partial charge in [-0.2, -0.15) is 0 Å². The maximum absolute atomic E-state index is 4.18. The highest BCUT2D eigenvalue weighted by Gasteiger charge is 2.21. The molecule has 1 fully saturated rings. The first-order valence-corrected chi connectivity index (χ1v) is 6.18. The lowest BCUT2D eigenvalue weighted by Gasteiger charge is -2.10. The van der Waals surface area contributed by atoms with Crippen molar-refractivity contribution in [3.05, 3.63) is 12.7 Å². The molecular formula is C11H20N6. The first-order valence-electron chi connectivity index (χ1n) is 6.18. The fourth-order valence-corrected chi connectivity index (χ4v) is 1.58. The zero-order chi connectivity index (χ0) is 11.9. The first kappa shape index (κ1) is 11.9. The molecule has 0 unspecified atom stereocenters. The van der Waals surface area contributed by atoms with Gasteiger partial charge in [0.05, 0.1) is 0 Å². The Labute approximate surface area is 102 Å². The van der Waals surface area contributed by atoms with Crippen LogP contribution in [0.3, 0.4) is 0 Å². The molecule has 94 valence electrons. The van der Waals surface area contributed by atoms with Crippen LogP contribution >= 0.6 is 0 Å². The van der Waals surface area contributed by atoms with E-state index in [1.54, 1.807) is 12.7 Å². The predicted molar refractivity (Wildman–Crippen MR) is 66.8 cm³/mol. The van der Waals surface area contributed by atoms with Crippen molar-refractivity contribution in [2.24, 2.45) is 4.99 Å². The average Bonchev–Trinajstić information content (AvgIpc) is 3.01. The molecule has 0 saturated heterocycles. The average molecular weight is 236 g/mol. The number of unbranched alkanes of at least 4 members (excludes halogenated alkanes) is 1. The van der Waals surface area contributed by atoms with Crippen LogP contribution in [0.2, 0.25) is 0 Å². The summed E-state index contributed by atoms with van der Waals surface area (Å²) in [5, 5.41) is 14.2. The Morgan fingerprint density at radius 1 is 1.35 bits per heavy atom. The monoisotopic (exact) mass is 236 g/mol. The van der Waals surface area contributed by atoms with E-state index < -0.39 is 0 Å². The third kappa shape index (κ3) is 4.42. The highest BCUT2D eigenvalue weighted by atomic mass is 15.2. The molecule has 0 aliphatic heterocycles. The van der Waals surface area contributed by atoms with Crippen LogP contribution < -0.4 is 10.6 Å². The Hall–Kier alpha value is -1.59. The van der Waals surface area contributed by atoms with E-state index in [1.807, 2.05) is 11.6 Å². The van der Waals surface area contributed by atoms with Crippen molar-refractivity contribution < 1.29 is 0 Å². The van der Waals surface area contributed by atoms with E-state index in [0.717, 1.165) is 31.9 Å². The van der Waals surface area contributed by atoms with Crippen molar-refractivity contribution >= 4 is 5.96 Å². The van der Waals surface area contributed by atoms with E-state index >= 15 is 0 Å². The van der Waals surface area contributed by atoms with Gasteiger partial charge in [0.1, 0.15) is 12.7 Å². The van der Waals surface area contributed by atoms with Gasteiger partial charge >= 0.3 is 0 Å². The highest BCUT2D eigenvalue weighted by Crippen LogP contribution is 2.18. The number of aryl methyl sites for hydroxylation is 1.